The number of hydrogen-bond acceptors (Lipinski definition) is 2. The Morgan fingerprint density at radius 3 is 3.07 bits per heavy atom. The van der Waals surface area contributed by atoms with E-state index in [1.807, 2.05) is 0 Å². The van der Waals surface area contributed by atoms with Gasteiger partial charge in [0.05, 0.1) is 0 Å². The lowest BCUT2D eigenvalue weighted by Crippen LogP contribution is -2.13. The molecular formula is C11H10ClNO2. The molecule has 0 fully saturated rings. The maximum atomic E-state index is 11.2. The van der Waals surface area contributed by atoms with Crippen LogP contribution >= 0.6 is 11.6 Å². The Morgan fingerprint density at radius 1 is 1.60 bits per heavy atom. The maximum Gasteiger partial charge on any atom is 0.412 e. The zero-order valence-corrected chi connectivity index (χ0v) is 8.97. The summed E-state index contributed by atoms with van der Waals surface area (Å²) in [6.45, 7) is 1.77. The van der Waals surface area contributed by atoms with Gasteiger partial charge in [0, 0.05) is 10.7 Å². The molecule has 0 unspecified atom stereocenters. The Labute approximate surface area is 93.4 Å². The van der Waals surface area contributed by atoms with E-state index in [-0.39, 0.29) is 6.61 Å². The highest BCUT2D eigenvalue weighted by molar-refractivity contribution is 6.30. The Bertz CT molecular complexity index is 407. The predicted molar refractivity (Wildman–Crippen MR) is 59.9 cm³/mol. The second kappa shape index (κ2) is 5.94. The summed E-state index contributed by atoms with van der Waals surface area (Å²) in [7, 11) is 0. The molecule has 1 amide bonds. The topological polar surface area (TPSA) is 38.3 Å². The van der Waals surface area contributed by atoms with Crippen LogP contribution in [0.1, 0.15) is 6.92 Å². The van der Waals surface area contributed by atoms with Crippen molar-refractivity contribution < 1.29 is 9.53 Å². The van der Waals surface area contributed by atoms with E-state index in [1.165, 1.54) is 0 Å². The molecule has 15 heavy (non-hydrogen) atoms. The molecule has 0 aliphatic rings. The second-order valence-corrected chi connectivity index (χ2v) is 3.07. The molecule has 0 aromatic heterocycles. The van der Waals surface area contributed by atoms with Gasteiger partial charge in [-0.2, -0.15) is 0 Å². The molecule has 1 aromatic rings. The monoisotopic (exact) mass is 223 g/mol. The zero-order chi connectivity index (χ0) is 11.1. The number of rotatable bonds is 2. The van der Waals surface area contributed by atoms with Crippen LogP contribution in [0.3, 0.4) is 0 Å². The average molecular weight is 224 g/mol. The van der Waals surface area contributed by atoms with Gasteiger partial charge in [0.25, 0.3) is 0 Å². The van der Waals surface area contributed by atoms with E-state index >= 15 is 0 Å². The van der Waals surface area contributed by atoms with E-state index in [0.717, 1.165) is 0 Å². The zero-order valence-electron chi connectivity index (χ0n) is 8.21. The third kappa shape index (κ3) is 4.39. The molecule has 0 aliphatic heterocycles. The minimum absolute atomic E-state index is 0.0862. The molecule has 0 saturated heterocycles. The van der Waals surface area contributed by atoms with Gasteiger partial charge in [-0.3, -0.25) is 5.32 Å². The number of anilines is 1. The van der Waals surface area contributed by atoms with E-state index in [4.69, 9.17) is 16.3 Å². The molecule has 0 aliphatic carbocycles. The van der Waals surface area contributed by atoms with Crippen LogP contribution in [0.25, 0.3) is 0 Å². The number of nitrogens with one attached hydrogen (secondary N) is 1. The SMILES string of the molecule is CC#CCOC(=O)Nc1cccc(Cl)c1. The highest BCUT2D eigenvalue weighted by Gasteiger charge is 2.01. The normalized spacial score (nSPS) is 8.67. The van der Waals surface area contributed by atoms with Gasteiger partial charge in [-0.05, 0) is 25.1 Å². The average Bonchev–Trinajstić information content (AvgIpc) is 2.18. The minimum Gasteiger partial charge on any atom is -0.436 e. The maximum absolute atomic E-state index is 11.2. The largest absolute Gasteiger partial charge is 0.436 e. The first-order chi connectivity index (χ1) is 7.22. The quantitative estimate of drug-likeness (QED) is 0.783. The van der Waals surface area contributed by atoms with Crippen molar-refractivity contribution in [3.63, 3.8) is 0 Å². The van der Waals surface area contributed by atoms with Gasteiger partial charge < -0.3 is 4.74 Å². The summed E-state index contributed by atoms with van der Waals surface area (Å²) in [5.74, 6) is 5.24. The number of benzene rings is 1. The van der Waals surface area contributed by atoms with Crippen LogP contribution in [-0.2, 0) is 4.74 Å². The van der Waals surface area contributed by atoms with Crippen LogP contribution in [0.5, 0.6) is 0 Å². The number of halogens is 1. The molecule has 0 saturated carbocycles. The third-order valence-electron chi connectivity index (χ3n) is 1.52. The Hall–Kier alpha value is -1.66. The molecule has 1 aromatic carbocycles. The Kier molecular flexibility index (Phi) is 4.52. The highest BCUT2D eigenvalue weighted by atomic mass is 35.5. The van der Waals surface area contributed by atoms with Crippen molar-refractivity contribution in [2.75, 3.05) is 11.9 Å². The molecule has 0 radical (unpaired) electrons. The van der Waals surface area contributed by atoms with Crippen molar-refractivity contribution >= 4 is 23.4 Å². The molecule has 0 atom stereocenters. The van der Waals surface area contributed by atoms with Gasteiger partial charge in [0.15, 0.2) is 6.61 Å². The van der Waals surface area contributed by atoms with Gasteiger partial charge in [-0.15, -0.1) is 5.92 Å². The molecule has 0 spiro atoms. The first-order valence-electron chi connectivity index (χ1n) is 4.31. The number of hydrogen-bond donors (Lipinski definition) is 1. The van der Waals surface area contributed by atoms with E-state index in [2.05, 4.69) is 17.2 Å². The fourth-order valence-electron chi connectivity index (χ4n) is 0.894. The molecular weight excluding hydrogens is 214 g/mol. The number of carbonyl (C=O) groups excluding carboxylic acids is 1. The molecule has 1 N–H and O–H groups in total. The summed E-state index contributed by atoms with van der Waals surface area (Å²) in [4.78, 5) is 11.2. The smallest absolute Gasteiger partial charge is 0.412 e. The lowest BCUT2D eigenvalue weighted by Gasteiger charge is -2.04. The van der Waals surface area contributed by atoms with Crippen molar-refractivity contribution in [3.8, 4) is 11.8 Å². The van der Waals surface area contributed by atoms with Gasteiger partial charge >= 0.3 is 6.09 Å². The van der Waals surface area contributed by atoms with Crippen molar-refractivity contribution in [2.45, 2.75) is 6.92 Å². The van der Waals surface area contributed by atoms with E-state index < -0.39 is 6.09 Å². The fraction of sp³-hybridized carbons (Fsp3) is 0.182. The third-order valence-corrected chi connectivity index (χ3v) is 1.76. The molecule has 0 heterocycles. The van der Waals surface area contributed by atoms with E-state index in [0.29, 0.717) is 10.7 Å². The van der Waals surface area contributed by atoms with Crippen molar-refractivity contribution in [1.29, 1.82) is 0 Å². The molecule has 1 rings (SSSR count). The van der Waals surface area contributed by atoms with Crippen LogP contribution in [0.15, 0.2) is 24.3 Å². The van der Waals surface area contributed by atoms with E-state index in [1.54, 1.807) is 31.2 Å². The van der Waals surface area contributed by atoms with Crippen LogP contribution < -0.4 is 5.32 Å². The first-order valence-corrected chi connectivity index (χ1v) is 4.69. The highest BCUT2D eigenvalue weighted by Crippen LogP contribution is 2.14. The minimum atomic E-state index is -0.542. The lowest BCUT2D eigenvalue weighted by atomic mass is 10.3. The first kappa shape index (κ1) is 11.4. The summed E-state index contributed by atoms with van der Waals surface area (Å²) in [6, 6.07) is 6.82. The molecule has 4 heteroatoms. The lowest BCUT2D eigenvalue weighted by molar-refractivity contribution is 0.176. The molecule has 0 bridgehead atoms. The molecule has 78 valence electrons. The Balaban J connectivity index is 2.46. The number of amides is 1. The van der Waals surface area contributed by atoms with Crippen molar-refractivity contribution in [1.82, 2.24) is 0 Å². The summed E-state index contributed by atoms with van der Waals surface area (Å²) in [5, 5.41) is 3.08. The summed E-state index contributed by atoms with van der Waals surface area (Å²) in [6.07, 6.45) is -0.542. The van der Waals surface area contributed by atoms with Crippen LogP contribution in [0.4, 0.5) is 10.5 Å². The van der Waals surface area contributed by atoms with Gasteiger partial charge in [0.2, 0.25) is 0 Å². The summed E-state index contributed by atoms with van der Waals surface area (Å²) in [5.41, 5.74) is 0.594. The second-order valence-electron chi connectivity index (χ2n) is 2.64. The van der Waals surface area contributed by atoms with Gasteiger partial charge in [-0.25, -0.2) is 4.79 Å². The summed E-state index contributed by atoms with van der Waals surface area (Å²) >= 11 is 5.74. The number of carbonyl (C=O) groups is 1. The fourth-order valence-corrected chi connectivity index (χ4v) is 1.08. The van der Waals surface area contributed by atoms with Crippen molar-refractivity contribution in [2.24, 2.45) is 0 Å². The van der Waals surface area contributed by atoms with Crippen molar-refractivity contribution in [3.05, 3.63) is 29.3 Å². The summed E-state index contributed by atoms with van der Waals surface area (Å²) < 4.78 is 4.76. The standard InChI is InChI=1S/C11H10ClNO2/c1-2-3-7-15-11(14)13-10-6-4-5-9(12)8-10/h4-6,8H,7H2,1H3,(H,13,14). The van der Waals surface area contributed by atoms with Gasteiger partial charge in [0.1, 0.15) is 0 Å². The van der Waals surface area contributed by atoms with E-state index in [9.17, 15) is 4.79 Å². The Morgan fingerprint density at radius 2 is 2.40 bits per heavy atom. The van der Waals surface area contributed by atoms with Crippen LogP contribution in [0.2, 0.25) is 5.02 Å². The predicted octanol–water partition coefficient (Wildman–Crippen LogP) is 2.91. The van der Waals surface area contributed by atoms with Crippen LogP contribution in [0, 0.1) is 11.8 Å². The van der Waals surface area contributed by atoms with Crippen LogP contribution in [-0.4, -0.2) is 12.7 Å². The molecule has 3 nitrogen and oxygen atoms in total. The number of ether oxygens (including phenoxy) is 1. The van der Waals surface area contributed by atoms with Gasteiger partial charge in [-0.1, -0.05) is 23.6 Å².